The average molecular weight is 363 g/mol. The van der Waals surface area contributed by atoms with Crippen molar-refractivity contribution in [2.45, 2.75) is 12.9 Å². The van der Waals surface area contributed by atoms with E-state index in [0.29, 0.717) is 16.6 Å². The zero-order chi connectivity index (χ0) is 18.9. The molecule has 0 aliphatic carbocycles. The van der Waals surface area contributed by atoms with Crippen molar-refractivity contribution in [3.8, 4) is 16.9 Å². The Morgan fingerprint density at radius 1 is 1.19 bits per heavy atom. The number of halogens is 3. The van der Waals surface area contributed by atoms with Gasteiger partial charge in [0.15, 0.2) is 0 Å². The summed E-state index contributed by atoms with van der Waals surface area (Å²) in [5.74, 6) is -0.362. The Labute approximate surface area is 147 Å². The molecule has 26 heavy (non-hydrogen) atoms. The normalized spacial score (nSPS) is 11.6. The lowest BCUT2D eigenvalue weighted by Crippen LogP contribution is -2.25. The van der Waals surface area contributed by atoms with Gasteiger partial charge in [-0.3, -0.25) is 4.79 Å². The number of aromatic nitrogens is 2. The second kappa shape index (κ2) is 6.70. The maximum atomic E-state index is 12.6. The predicted molar refractivity (Wildman–Crippen MR) is 90.5 cm³/mol. The molecule has 0 aliphatic rings. The molecule has 1 heterocycles. The second-order valence-corrected chi connectivity index (χ2v) is 5.91. The quantitative estimate of drug-likeness (QED) is 0.710. The summed E-state index contributed by atoms with van der Waals surface area (Å²) in [7, 11) is 3.33. The summed E-state index contributed by atoms with van der Waals surface area (Å²) < 4.78 is 43.6. The van der Waals surface area contributed by atoms with Gasteiger partial charge >= 0.3 is 6.36 Å². The molecular weight excluding hydrogens is 347 g/mol. The fourth-order valence-corrected chi connectivity index (χ4v) is 2.56. The number of hydrogen-bond acceptors (Lipinski definition) is 3. The minimum Gasteiger partial charge on any atom is -0.405 e. The molecule has 0 saturated carbocycles. The van der Waals surface area contributed by atoms with Crippen molar-refractivity contribution in [1.82, 2.24) is 14.5 Å². The Morgan fingerprint density at radius 3 is 2.62 bits per heavy atom. The molecule has 2 aromatic carbocycles. The zero-order valence-electron chi connectivity index (χ0n) is 14.1. The van der Waals surface area contributed by atoms with Gasteiger partial charge in [0, 0.05) is 19.7 Å². The van der Waals surface area contributed by atoms with Gasteiger partial charge in [-0.25, -0.2) is 4.98 Å². The van der Waals surface area contributed by atoms with Crippen LogP contribution in [0, 0.1) is 0 Å². The van der Waals surface area contributed by atoms with Crippen LogP contribution in [0.3, 0.4) is 0 Å². The van der Waals surface area contributed by atoms with Gasteiger partial charge in [0.05, 0.1) is 17.4 Å². The number of imidazole rings is 1. The van der Waals surface area contributed by atoms with E-state index in [1.54, 1.807) is 49.0 Å². The first-order valence-corrected chi connectivity index (χ1v) is 7.75. The van der Waals surface area contributed by atoms with Gasteiger partial charge in [0.25, 0.3) is 0 Å². The summed E-state index contributed by atoms with van der Waals surface area (Å²) in [6, 6.07) is 11.0. The number of carbonyl (C=O) groups excluding carboxylic acids is 1. The number of ether oxygens (including phenoxy) is 1. The molecule has 3 rings (SSSR count). The van der Waals surface area contributed by atoms with E-state index in [9.17, 15) is 18.0 Å². The van der Waals surface area contributed by atoms with Crippen LogP contribution in [0.15, 0.2) is 48.8 Å². The van der Waals surface area contributed by atoms with Gasteiger partial charge in [-0.15, -0.1) is 13.2 Å². The van der Waals surface area contributed by atoms with Crippen molar-refractivity contribution in [2.75, 3.05) is 14.1 Å². The summed E-state index contributed by atoms with van der Waals surface area (Å²) >= 11 is 0. The molecule has 0 radical (unpaired) electrons. The molecular formula is C18H16F3N3O2. The van der Waals surface area contributed by atoms with Crippen LogP contribution in [0.25, 0.3) is 22.2 Å². The lowest BCUT2D eigenvalue weighted by molar-refractivity contribution is -0.274. The van der Waals surface area contributed by atoms with Crippen LogP contribution in [0.5, 0.6) is 5.75 Å². The van der Waals surface area contributed by atoms with Crippen LogP contribution >= 0.6 is 0 Å². The molecule has 0 atom stereocenters. The second-order valence-electron chi connectivity index (χ2n) is 5.91. The first-order chi connectivity index (χ1) is 12.2. The number of para-hydroxylation sites is 1. The average Bonchev–Trinajstić information content (AvgIpc) is 2.96. The molecule has 5 nitrogen and oxygen atoms in total. The fraction of sp³-hybridized carbons (Fsp3) is 0.222. The van der Waals surface area contributed by atoms with E-state index >= 15 is 0 Å². The van der Waals surface area contributed by atoms with Crippen LogP contribution in [-0.4, -0.2) is 40.8 Å². The van der Waals surface area contributed by atoms with Crippen LogP contribution in [0.1, 0.15) is 0 Å². The SMILES string of the molecule is CN(C)C(=O)Cn1cnc2cc(-c3ccccc3OC(F)(F)F)ccc21. The summed E-state index contributed by atoms with van der Waals surface area (Å²) in [5.41, 5.74) is 2.15. The number of rotatable bonds is 4. The monoisotopic (exact) mass is 363 g/mol. The number of nitrogens with zero attached hydrogens (tertiary/aromatic N) is 3. The van der Waals surface area contributed by atoms with Crippen molar-refractivity contribution < 1.29 is 22.7 Å². The Balaban J connectivity index is 1.97. The Bertz CT molecular complexity index is 948. The molecule has 136 valence electrons. The van der Waals surface area contributed by atoms with E-state index in [4.69, 9.17) is 0 Å². The minimum atomic E-state index is -4.77. The fourth-order valence-electron chi connectivity index (χ4n) is 2.56. The molecule has 0 fully saturated rings. The standard InChI is InChI=1S/C18H16F3N3O2/c1-23(2)17(25)10-24-11-22-14-9-12(7-8-15(14)24)13-5-3-4-6-16(13)26-18(19,20)21/h3-9,11H,10H2,1-2H3. The molecule has 0 aliphatic heterocycles. The van der Waals surface area contributed by atoms with E-state index in [1.807, 2.05) is 0 Å². The number of amides is 1. The highest BCUT2D eigenvalue weighted by molar-refractivity contribution is 5.85. The molecule has 0 unspecified atom stereocenters. The first kappa shape index (κ1) is 17.8. The minimum absolute atomic E-state index is 0.0858. The number of alkyl halides is 3. The first-order valence-electron chi connectivity index (χ1n) is 7.75. The highest BCUT2D eigenvalue weighted by Crippen LogP contribution is 2.34. The number of hydrogen-bond donors (Lipinski definition) is 0. The molecule has 1 amide bonds. The van der Waals surface area contributed by atoms with Gasteiger partial charge in [-0.2, -0.15) is 0 Å². The molecule has 8 heteroatoms. The number of fused-ring (bicyclic) bond motifs is 1. The molecule has 1 aromatic heterocycles. The predicted octanol–water partition coefficient (Wildman–Crippen LogP) is 3.69. The topological polar surface area (TPSA) is 47.4 Å². The third-order valence-corrected chi connectivity index (χ3v) is 3.85. The summed E-state index contributed by atoms with van der Waals surface area (Å²) in [6.07, 6.45) is -3.23. The van der Waals surface area contributed by atoms with Crippen LogP contribution < -0.4 is 4.74 Å². The third kappa shape index (κ3) is 3.79. The smallest absolute Gasteiger partial charge is 0.405 e. The van der Waals surface area contributed by atoms with Crippen molar-refractivity contribution in [2.24, 2.45) is 0 Å². The van der Waals surface area contributed by atoms with E-state index in [-0.39, 0.29) is 18.2 Å². The van der Waals surface area contributed by atoms with Crippen molar-refractivity contribution >= 4 is 16.9 Å². The summed E-state index contributed by atoms with van der Waals surface area (Å²) in [5, 5.41) is 0. The Hall–Kier alpha value is -3.03. The van der Waals surface area contributed by atoms with Gasteiger partial charge in [-0.05, 0) is 23.8 Å². The van der Waals surface area contributed by atoms with Gasteiger partial charge in [0.2, 0.25) is 5.91 Å². The highest BCUT2D eigenvalue weighted by atomic mass is 19.4. The molecule has 0 spiro atoms. The van der Waals surface area contributed by atoms with Crippen LogP contribution in [-0.2, 0) is 11.3 Å². The maximum absolute atomic E-state index is 12.6. The van der Waals surface area contributed by atoms with Gasteiger partial charge in [0.1, 0.15) is 12.3 Å². The van der Waals surface area contributed by atoms with E-state index in [0.717, 1.165) is 5.52 Å². The summed E-state index contributed by atoms with van der Waals surface area (Å²) in [6.45, 7) is 0.136. The van der Waals surface area contributed by atoms with Crippen LogP contribution in [0.4, 0.5) is 13.2 Å². The number of likely N-dealkylation sites (N-methyl/N-ethyl adjacent to an activating group) is 1. The lowest BCUT2D eigenvalue weighted by Gasteiger charge is -2.13. The van der Waals surface area contributed by atoms with Gasteiger partial charge in [-0.1, -0.05) is 24.3 Å². The lowest BCUT2D eigenvalue weighted by atomic mass is 10.0. The Morgan fingerprint density at radius 2 is 1.92 bits per heavy atom. The number of benzene rings is 2. The van der Waals surface area contributed by atoms with E-state index < -0.39 is 6.36 Å². The molecule has 0 bridgehead atoms. The maximum Gasteiger partial charge on any atom is 0.573 e. The van der Waals surface area contributed by atoms with Crippen molar-refractivity contribution in [3.63, 3.8) is 0 Å². The van der Waals surface area contributed by atoms with Gasteiger partial charge < -0.3 is 14.2 Å². The molecule has 0 saturated heterocycles. The largest absolute Gasteiger partial charge is 0.573 e. The number of carbonyl (C=O) groups is 1. The molecule has 0 N–H and O–H groups in total. The Kier molecular flexibility index (Phi) is 4.58. The van der Waals surface area contributed by atoms with E-state index in [1.165, 1.54) is 23.4 Å². The zero-order valence-corrected chi connectivity index (χ0v) is 14.1. The van der Waals surface area contributed by atoms with E-state index in [2.05, 4.69) is 9.72 Å². The highest BCUT2D eigenvalue weighted by Gasteiger charge is 2.32. The third-order valence-electron chi connectivity index (χ3n) is 3.85. The molecule has 3 aromatic rings. The summed E-state index contributed by atoms with van der Waals surface area (Å²) in [4.78, 5) is 17.6. The van der Waals surface area contributed by atoms with Crippen molar-refractivity contribution in [3.05, 3.63) is 48.8 Å². The van der Waals surface area contributed by atoms with Crippen molar-refractivity contribution in [1.29, 1.82) is 0 Å². The van der Waals surface area contributed by atoms with Crippen LogP contribution in [0.2, 0.25) is 0 Å².